The average Bonchev–Trinajstić information content (AvgIpc) is 2.79. The van der Waals surface area contributed by atoms with E-state index in [1.54, 1.807) is 29.5 Å². The number of ether oxygens (including phenoxy) is 1. The van der Waals surface area contributed by atoms with Crippen LogP contribution in [0.2, 0.25) is 5.02 Å². The quantitative estimate of drug-likeness (QED) is 0.861. The largest absolute Gasteiger partial charge is 0.484 e. The number of benzene rings is 1. The maximum Gasteiger partial charge on any atom is 0.144 e. The first-order valence-electron chi connectivity index (χ1n) is 5.99. The van der Waals surface area contributed by atoms with E-state index in [4.69, 9.17) is 22.1 Å². The van der Waals surface area contributed by atoms with Crippen LogP contribution in [-0.4, -0.2) is 4.98 Å². The Hall–Kier alpha value is -1.26. The molecular formula is C14H17ClN2OS. The highest BCUT2D eigenvalue weighted by Gasteiger charge is 2.17. The molecule has 0 spiro atoms. The van der Waals surface area contributed by atoms with Gasteiger partial charge in [-0.3, -0.25) is 0 Å². The maximum absolute atomic E-state index is 5.91. The molecule has 0 saturated heterocycles. The van der Waals surface area contributed by atoms with E-state index in [9.17, 15) is 0 Å². The molecule has 5 heteroatoms. The fraction of sp³-hybridized carbons (Fsp3) is 0.357. The van der Waals surface area contributed by atoms with E-state index in [0.717, 1.165) is 10.7 Å². The normalized spacial score (nSPS) is 11.6. The topological polar surface area (TPSA) is 48.1 Å². The Kier molecular flexibility index (Phi) is 4.02. The van der Waals surface area contributed by atoms with Crippen molar-refractivity contribution in [3.8, 4) is 5.75 Å². The summed E-state index contributed by atoms with van der Waals surface area (Å²) in [6.45, 7) is 6.83. The second kappa shape index (κ2) is 5.39. The third-order valence-electron chi connectivity index (χ3n) is 2.65. The van der Waals surface area contributed by atoms with E-state index < -0.39 is 0 Å². The molecule has 1 aromatic carbocycles. The Morgan fingerprint density at radius 2 is 2.11 bits per heavy atom. The Bertz CT molecular complexity index is 575. The van der Waals surface area contributed by atoms with E-state index in [-0.39, 0.29) is 5.41 Å². The lowest BCUT2D eigenvalue weighted by Crippen LogP contribution is -2.11. The molecule has 0 atom stereocenters. The van der Waals surface area contributed by atoms with E-state index >= 15 is 0 Å². The highest BCUT2D eigenvalue weighted by atomic mass is 35.5. The van der Waals surface area contributed by atoms with Crippen LogP contribution in [0.25, 0.3) is 0 Å². The number of hydrogen-bond donors (Lipinski definition) is 1. The van der Waals surface area contributed by atoms with Crippen molar-refractivity contribution in [2.24, 2.45) is 0 Å². The molecule has 0 aliphatic rings. The van der Waals surface area contributed by atoms with Crippen molar-refractivity contribution in [2.75, 3.05) is 5.73 Å². The predicted molar refractivity (Wildman–Crippen MR) is 81.0 cm³/mol. The molecule has 0 amide bonds. The van der Waals surface area contributed by atoms with Gasteiger partial charge >= 0.3 is 0 Å². The van der Waals surface area contributed by atoms with Gasteiger partial charge in [-0.2, -0.15) is 0 Å². The molecule has 102 valence electrons. The smallest absolute Gasteiger partial charge is 0.144 e. The summed E-state index contributed by atoms with van der Waals surface area (Å²) in [5.41, 5.74) is 7.55. The van der Waals surface area contributed by atoms with Crippen molar-refractivity contribution in [1.29, 1.82) is 0 Å². The van der Waals surface area contributed by atoms with Crippen LogP contribution < -0.4 is 10.5 Å². The number of nitrogens with two attached hydrogens (primary N) is 1. The van der Waals surface area contributed by atoms with Crippen LogP contribution in [0.15, 0.2) is 23.6 Å². The maximum atomic E-state index is 5.91. The van der Waals surface area contributed by atoms with Gasteiger partial charge in [0.25, 0.3) is 0 Å². The molecule has 3 nitrogen and oxygen atoms in total. The highest BCUT2D eigenvalue weighted by molar-refractivity contribution is 7.09. The number of anilines is 1. The van der Waals surface area contributed by atoms with Crippen molar-refractivity contribution >= 4 is 28.6 Å². The minimum Gasteiger partial charge on any atom is -0.484 e. The molecule has 1 aromatic heterocycles. The first-order chi connectivity index (χ1) is 8.86. The summed E-state index contributed by atoms with van der Waals surface area (Å²) in [5.74, 6) is 0.597. The number of hydrogen-bond acceptors (Lipinski definition) is 4. The number of halogens is 1. The second-order valence-electron chi connectivity index (χ2n) is 5.35. The van der Waals surface area contributed by atoms with Gasteiger partial charge in [0.15, 0.2) is 0 Å². The molecule has 0 radical (unpaired) electrons. The van der Waals surface area contributed by atoms with Gasteiger partial charge in [0, 0.05) is 21.9 Å². The molecule has 0 bridgehead atoms. The molecule has 0 saturated carbocycles. The molecule has 19 heavy (non-hydrogen) atoms. The van der Waals surface area contributed by atoms with Crippen LogP contribution >= 0.6 is 22.9 Å². The van der Waals surface area contributed by atoms with Gasteiger partial charge in [0.05, 0.1) is 11.4 Å². The van der Waals surface area contributed by atoms with Crippen LogP contribution in [0.3, 0.4) is 0 Å². The minimum atomic E-state index is 0.0594. The van der Waals surface area contributed by atoms with Crippen molar-refractivity contribution in [3.05, 3.63) is 39.3 Å². The summed E-state index contributed by atoms with van der Waals surface area (Å²) in [6.07, 6.45) is 0. The fourth-order valence-corrected chi connectivity index (χ4v) is 2.59. The first-order valence-corrected chi connectivity index (χ1v) is 7.25. The number of rotatable bonds is 3. The molecule has 0 aliphatic carbocycles. The monoisotopic (exact) mass is 296 g/mol. The summed E-state index contributed by atoms with van der Waals surface area (Å²) < 4.78 is 5.67. The van der Waals surface area contributed by atoms with E-state index in [1.807, 2.05) is 0 Å². The number of nitrogen functional groups attached to an aromatic ring is 1. The highest BCUT2D eigenvalue weighted by Crippen LogP contribution is 2.28. The lowest BCUT2D eigenvalue weighted by Gasteiger charge is -2.14. The summed E-state index contributed by atoms with van der Waals surface area (Å²) in [6, 6.07) is 5.19. The van der Waals surface area contributed by atoms with E-state index in [2.05, 4.69) is 31.1 Å². The third kappa shape index (κ3) is 3.61. The van der Waals surface area contributed by atoms with Crippen LogP contribution in [0, 0.1) is 0 Å². The summed E-state index contributed by atoms with van der Waals surface area (Å²) >= 11 is 7.51. The summed E-state index contributed by atoms with van der Waals surface area (Å²) in [7, 11) is 0. The van der Waals surface area contributed by atoms with Crippen molar-refractivity contribution < 1.29 is 4.74 Å². The van der Waals surface area contributed by atoms with E-state index in [0.29, 0.717) is 23.1 Å². The van der Waals surface area contributed by atoms with Gasteiger partial charge < -0.3 is 10.5 Å². The van der Waals surface area contributed by atoms with Gasteiger partial charge in [0.2, 0.25) is 0 Å². The third-order valence-corrected chi connectivity index (χ3v) is 3.70. The molecular weight excluding hydrogens is 280 g/mol. The van der Waals surface area contributed by atoms with Gasteiger partial charge in [-0.05, 0) is 12.1 Å². The van der Waals surface area contributed by atoms with Crippen LogP contribution in [0.5, 0.6) is 5.75 Å². The molecule has 0 fully saturated rings. The zero-order valence-electron chi connectivity index (χ0n) is 11.2. The van der Waals surface area contributed by atoms with Crippen molar-refractivity contribution in [1.82, 2.24) is 4.98 Å². The Labute approximate surface area is 122 Å². The van der Waals surface area contributed by atoms with Crippen LogP contribution in [0.4, 0.5) is 5.69 Å². The van der Waals surface area contributed by atoms with Gasteiger partial charge in [0.1, 0.15) is 17.4 Å². The Balaban J connectivity index is 2.06. The number of aromatic nitrogens is 1. The Morgan fingerprint density at radius 1 is 1.37 bits per heavy atom. The summed E-state index contributed by atoms with van der Waals surface area (Å²) in [4.78, 5) is 4.57. The zero-order valence-corrected chi connectivity index (χ0v) is 12.8. The first kappa shape index (κ1) is 14.2. The lowest BCUT2D eigenvalue weighted by atomic mass is 9.93. The zero-order chi connectivity index (χ0) is 14.0. The van der Waals surface area contributed by atoms with Gasteiger partial charge in [-0.1, -0.05) is 32.4 Å². The minimum absolute atomic E-state index is 0.0594. The van der Waals surface area contributed by atoms with Crippen molar-refractivity contribution in [3.63, 3.8) is 0 Å². The van der Waals surface area contributed by atoms with Crippen LogP contribution in [-0.2, 0) is 12.0 Å². The summed E-state index contributed by atoms with van der Waals surface area (Å²) in [5, 5.41) is 3.61. The average molecular weight is 297 g/mol. The molecule has 1 heterocycles. The van der Waals surface area contributed by atoms with Gasteiger partial charge in [-0.15, -0.1) is 11.3 Å². The predicted octanol–water partition coefficient (Wildman–Crippen LogP) is 4.26. The van der Waals surface area contributed by atoms with Crippen LogP contribution in [0.1, 0.15) is 31.5 Å². The molecule has 0 unspecified atom stereocenters. The molecule has 2 N–H and O–H groups in total. The Morgan fingerprint density at radius 3 is 2.74 bits per heavy atom. The molecule has 0 aliphatic heterocycles. The molecule has 2 rings (SSSR count). The standard InChI is InChI=1S/C14H17ClN2OS/c1-14(2,3)12-8-19-13(17-12)7-18-11-6-9(15)4-5-10(11)16/h4-6,8H,7,16H2,1-3H3. The number of thiazole rings is 1. The second-order valence-corrected chi connectivity index (χ2v) is 6.73. The fourth-order valence-electron chi connectivity index (χ4n) is 1.49. The van der Waals surface area contributed by atoms with Crippen molar-refractivity contribution in [2.45, 2.75) is 32.8 Å². The SMILES string of the molecule is CC(C)(C)c1csc(COc2cc(Cl)ccc2N)n1. The lowest BCUT2D eigenvalue weighted by molar-refractivity contribution is 0.306. The number of nitrogens with zero attached hydrogens (tertiary/aromatic N) is 1. The van der Waals surface area contributed by atoms with Gasteiger partial charge in [-0.25, -0.2) is 4.98 Å². The molecule has 2 aromatic rings. The van der Waals surface area contributed by atoms with E-state index in [1.165, 1.54) is 0 Å².